The van der Waals surface area contributed by atoms with Crippen LogP contribution in [0.2, 0.25) is 0 Å². The van der Waals surface area contributed by atoms with E-state index in [0.717, 1.165) is 24.0 Å². The molecule has 9 nitrogen and oxygen atoms in total. The van der Waals surface area contributed by atoms with Gasteiger partial charge in [-0.1, -0.05) is 43.2 Å². The third kappa shape index (κ3) is 5.14. The van der Waals surface area contributed by atoms with E-state index in [1.54, 1.807) is 37.4 Å². The molecule has 2 aliphatic heterocycles. The van der Waals surface area contributed by atoms with Gasteiger partial charge in [-0.25, -0.2) is 4.98 Å². The quantitative estimate of drug-likeness (QED) is 0.106. The van der Waals surface area contributed by atoms with Crippen molar-refractivity contribution in [3.05, 3.63) is 77.4 Å². The first kappa shape index (κ1) is 27.6. The van der Waals surface area contributed by atoms with E-state index < -0.39 is 17.7 Å². The van der Waals surface area contributed by atoms with Crippen molar-refractivity contribution in [1.29, 1.82) is 0 Å². The summed E-state index contributed by atoms with van der Waals surface area (Å²) in [6, 6.07) is 16.7. The van der Waals surface area contributed by atoms with Crippen LogP contribution in [0.4, 0.5) is 5.13 Å². The van der Waals surface area contributed by atoms with Gasteiger partial charge >= 0.3 is 5.91 Å². The molecule has 1 aromatic heterocycles. The lowest BCUT2D eigenvalue weighted by Gasteiger charge is -2.23. The fraction of sp³-hybridized carbons (Fsp3) is 0.281. The Morgan fingerprint density at radius 3 is 2.52 bits per heavy atom. The zero-order chi connectivity index (χ0) is 29.2. The summed E-state index contributed by atoms with van der Waals surface area (Å²) in [5.41, 5.74) is 1.60. The Balaban J connectivity index is 1.44. The lowest BCUT2D eigenvalue weighted by Crippen LogP contribution is -2.29. The lowest BCUT2D eigenvalue weighted by molar-refractivity contribution is -0.132. The Morgan fingerprint density at radius 1 is 1.00 bits per heavy atom. The van der Waals surface area contributed by atoms with Gasteiger partial charge in [0.1, 0.15) is 30.5 Å². The Morgan fingerprint density at radius 2 is 1.76 bits per heavy atom. The monoisotopic (exact) mass is 586 g/mol. The van der Waals surface area contributed by atoms with Crippen LogP contribution in [0.1, 0.15) is 43.4 Å². The molecule has 1 fully saturated rings. The van der Waals surface area contributed by atoms with Crippen molar-refractivity contribution in [2.75, 3.05) is 31.8 Å². The van der Waals surface area contributed by atoms with Crippen LogP contribution in [0.5, 0.6) is 23.0 Å². The first-order chi connectivity index (χ1) is 20.5. The molecular weight excluding hydrogens is 556 g/mol. The third-order valence-electron chi connectivity index (χ3n) is 7.26. The fourth-order valence-corrected chi connectivity index (χ4v) is 6.12. The van der Waals surface area contributed by atoms with Crippen molar-refractivity contribution in [3.63, 3.8) is 0 Å². The van der Waals surface area contributed by atoms with Crippen LogP contribution in [0.15, 0.2) is 66.2 Å². The van der Waals surface area contributed by atoms with Crippen molar-refractivity contribution in [2.24, 2.45) is 0 Å². The number of aromatic nitrogens is 1. The largest absolute Gasteiger partial charge is 0.507 e. The maximum atomic E-state index is 13.6. The number of anilines is 1. The number of nitrogens with zero attached hydrogens (tertiary/aromatic N) is 2. The number of ether oxygens (including phenoxy) is 4. The SMILES string of the molecule is CCCCCOc1ccc(C2C(=C(O)c3ccc4c(c3)OCCO4)C(=O)C(=O)N2c2nc3ccc(OC)cc3s2)cc1. The molecule has 42 heavy (non-hydrogen) atoms. The average Bonchev–Trinajstić information content (AvgIpc) is 3.56. The molecule has 216 valence electrons. The molecule has 1 N–H and O–H groups in total. The summed E-state index contributed by atoms with van der Waals surface area (Å²) in [5.74, 6) is 0.472. The summed E-state index contributed by atoms with van der Waals surface area (Å²) >= 11 is 1.27. The third-order valence-corrected chi connectivity index (χ3v) is 8.28. The number of carbonyl (C=O) groups is 2. The molecule has 3 aromatic carbocycles. The van der Waals surface area contributed by atoms with Crippen LogP contribution in [0.3, 0.4) is 0 Å². The minimum atomic E-state index is -0.921. The van der Waals surface area contributed by atoms with Crippen LogP contribution >= 0.6 is 11.3 Å². The fourth-order valence-electron chi connectivity index (χ4n) is 5.10. The van der Waals surface area contributed by atoms with Crippen molar-refractivity contribution >= 4 is 44.1 Å². The van der Waals surface area contributed by atoms with Gasteiger partial charge in [-0.2, -0.15) is 0 Å². The first-order valence-electron chi connectivity index (χ1n) is 13.9. The van der Waals surface area contributed by atoms with Crippen LogP contribution in [0.25, 0.3) is 16.0 Å². The molecule has 0 radical (unpaired) electrons. The minimum Gasteiger partial charge on any atom is -0.507 e. The van der Waals surface area contributed by atoms with E-state index in [4.69, 9.17) is 18.9 Å². The number of Topliss-reactive ketones (excluding diaryl/α,β-unsaturated/α-hetero) is 1. The summed E-state index contributed by atoms with van der Waals surface area (Å²) in [6.45, 7) is 3.54. The van der Waals surface area contributed by atoms with Gasteiger partial charge in [0.2, 0.25) is 0 Å². The number of carbonyl (C=O) groups excluding carboxylic acids is 2. The number of aliphatic hydroxyl groups excluding tert-OH is 1. The average molecular weight is 587 g/mol. The van der Waals surface area contributed by atoms with Gasteiger partial charge < -0.3 is 24.1 Å². The number of rotatable bonds is 9. The van der Waals surface area contributed by atoms with E-state index in [9.17, 15) is 14.7 Å². The number of benzene rings is 3. The number of ketones is 1. The molecule has 1 atom stereocenters. The topological polar surface area (TPSA) is 107 Å². The Hall–Kier alpha value is -4.57. The normalized spacial score (nSPS) is 17.6. The molecule has 1 unspecified atom stereocenters. The minimum absolute atomic E-state index is 0.0369. The summed E-state index contributed by atoms with van der Waals surface area (Å²) in [5, 5.41) is 11.9. The number of methoxy groups -OCH3 is 1. The van der Waals surface area contributed by atoms with E-state index in [1.165, 1.54) is 16.2 Å². The second-order valence-electron chi connectivity index (χ2n) is 9.98. The van der Waals surface area contributed by atoms with E-state index in [-0.39, 0.29) is 11.3 Å². The van der Waals surface area contributed by atoms with Gasteiger partial charge in [-0.15, -0.1) is 0 Å². The molecule has 0 saturated carbocycles. The molecule has 10 heteroatoms. The maximum absolute atomic E-state index is 13.6. The van der Waals surface area contributed by atoms with Gasteiger partial charge in [-0.05, 0) is 60.5 Å². The number of thiazole rings is 1. The number of hydrogen-bond donors (Lipinski definition) is 1. The predicted octanol–water partition coefficient (Wildman–Crippen LogP) is 6.27. The van der Waals surface area contributed by atoms with E-state index in [0.29, 0.717) is 64.6 Å². The van der Waals surface area contributed by atoms with E-state index in [1.807, 2.05) is 30.3 Å². The molecule has 2 aliphatic rings. The van der Waals surface area contributed by atoms with Gasteiger partial charge in [0, 0.05) is 5.56 Å². The molecule has 1 saturated heterocycles. The first-order valence-corrected chi connectivity index (χ1v) is 14.7. The summed E-state index contributed by atoms with van der Waals surface area (Å²) < 4.78 is 23.3. The number of fused-ring (bicyclic) bond motifs is 2. The molecule has 0 aliphatic carbocycles. The maximum Gasteiger partial charge on any atom is 0.301 e. The predicted molar refractivity (Wildman–Crippen MR) is 160 cm³/mol. The van der Waals surface area contributed by atoms with Gasteiger partial charge in [0.15, 0.2) is 16.6 Å². The highest BCUT2D eigenvalue weighted by atomic mass is 32.1. The van der Waals surface area contributed by atoms with Crippen LogP contribution in [-0.2, 0) is 9.59 Å². The van der Waals surface area contributed by atoms with Crippen LogP contribution in [-0.4, -0.2) is 48.7 Å². The number of hydrogen-bond acceptors (Lipinski definition) is 9. The summed E-state index contributed by atoms with van der Waals surface area (Å²) in [4.78, 5) is 33.3. The van der Waals surface area contributed by atoms with Gasteiger partial charge in [0.05, 0.1) is 35.5 Å². The molecule has 3 heterocycles. The van der Waals surface area contributed by atoms with Gasteiger partial charge in [-0.3, -0.25) is 14.5 Å². The second-order valence-corrected chi connectivity index (χ2v) is 11.0. The van der Waals surface area contributed by atoms with E-state index in [2.05, 4.69) is 11.9 Å². The molecule has 0 bridgehead atoms. The molecule has 6 rings (SSSR count). The van der Waals surface area contributed by atoms with E-state index >= 15 is 0 Å². The highest BCUT2D eigenvalue weighted by molar-refractivity contribution is 7.22. The van der Waals surface area contributed by atoms with Crippen molar-refractivity contribution in [3.8, 4) is 23.0 Å². The summed E-state index contributed by atoms with van der Waals surface area (Å²) in [6.07, 6.45) is 3.14. The second kappa shape index (κ2) is 11.7. The number of unbranched alkanes of at least 4 members (excludes halogenated alkanes) is 2. The smallest absolute Gasteiger partial charge is 0.301 e. The van der Waals surface area contributed by atoms with Crippen molar-refractivity contribution < 1.29 is 33.6 Å². The number of amides is 1. The lowest BCUT2D eigenvalue weighted by atomic mass is 9.95. The highest BCUT2D eigenvalue weighted by Gasteiger charge is 2.48. The number of aliphatic hydroxyl groups is 1. The van der Waals surface area contributed by atoms with Crippen LogP contribution < -0.4 is 23.8 Å². The Bertz CT molecular complexity index is 1680. The summed E-state index contributed by atoms with van der Waals surface area (Å²) in [7, 11) is 1.58. The molecule has 1 amide bonds. The molecular formula is C32H30N2O7S. The zero-order valence-corrected chi connectivity index (χ0v) is 24.1. The highest BCUT2D eigenvalue weighted by Crippen LogP contribution is 2.45. The molecule has 4 aromatic rings. The zero-order valence-electron chi connectivity index (χ0n) is 23.3. The van der Waals surface area contributed by atoms with Crippen LogP contribution in [0, 0.1) is 0 Å². The Labute approximate surface area is 246 Å². The van der Waals surface area contributed by atoms with Crippen molar-refractivity contribution in [2.45, 2.75) is 32.2 Å². The molecule has 0 spiro atoms. The Kier molecular flexibility index (Phi) is 7.71. The van der Waals surface area contributed by atoms with Gasteiger partial charge in [0.25, 0.3) is 5.78 Å². The standard InChI is InChI=1S/C32H30N2O7S/c1-3-4-5-14-39-21-9-6-19(7-10-21)28-27(29(35)20-8-13-24-25(17-20)41-16-15-40-24)30(36)31(37)34(28)32-33-23-12-11-22(38-2)18-26(23)42-32/h6-13,17-18,28,35H,3-5,14-16H2,1-2H3. The van der Waals surface area contributed by atoms with Crippen molar-refractivity contribution in [1.82, 2.24) is 4.98 Å².